The molecule has 2 atom stereocenters. The SMILES string of the molecule is Cl.Cn1cc([C@H]2CNC[C@@H]2C(=O)N2CCC(c3ccccc3)CC2)cn1. The van der Waals surface area contributed by atoms with Gasteiger partial charge in [-0.15, -0.1) is 12.4 Å². The second-order valence-corrected chi connectivity index (χ2v) is 7.33. The van der Waals surface area contributed by atoms with E-state index in [0.29, 0.717) is 11.8 Å². The van der Waals surface area contributed by atoms with Gasteiger partial charge in [-0.05, 0) is 29.9 Å². The van der Waals surface area contributed by atoms with E-state index < -0.39 is 0 Å². The van der Waals surface area contributed by atoms with Crippen molar-refractivity contribution in [2.45, 2.75) is 24.7 Å². The summed E-state index contributed by atoms with van der Waals surface area (Å²) < 4.78 is 1.82. The van der Waals surface area contributed by atoms with E-state index in [-0.39, 0.29) is 24.2 Å². The average molecular weight is 375 g/mol. The molecule has 4 rings (SSSR count). The summed E-state index contributed by atoms with van der Waals surface area (Å²) >= 11 is 0. The number of nitrogens with one attached hydrogen (secondary N) is 1. The minimum atomic E-state index is 0. The molecule has 0 saturated carbocycles. The number of hydrogen-bond acceptors (Lipinski definition) is 3. The van der Waals surface area contributed by atoms with E-state index in [1.165, 1.54) is 11.1 Å². The highest BCUT2D eigenvalue weighted by Gasteiger charge is 2.38. The van der Waals surface area contributed by atoms with Crippen LogP contribution in [0.3, 0.4) is 0 Å². The van der Waals surface area contributed by atoms with Crippen LogP contribution >= 0.6 is 12.4 Å². The van der Waals surface area contributed by atoms with Crippen molar-refractivity contribution in [3.05, 3.63) is 53.9 Å². The van der Waals surface area contributed by atoms with Gasteiger partial charge in [0.2, 0.25) is 5.91 Å². The van der Waals surface area contributed by atoms with Crippen molar-refractivity contribution in [3.63, 3.8) is 0 Å². The first-order valence-corrected chi connectivity index (χ1v) is 9.25. The molecule has 0 radical (unpaired) electrons. The standard InChI is InChI=1S/C20H26N4O.ClH/c1-23-14-17(11-22-23)18-12-21-13-19(18)20(25)24-9-7-16(8-10-24)15-5-3-2-4-6-15;/h2-6,11,14,16,18-19,21H,7-10,12-13H2,1H3;1H/t18-,19+;/m1./s1. The fourth-order valence-corrected chi connectivity index (χ4v) is 4.31. The molecule has 140 valence electrons. The summed E-state index contributed by atoms with van der Waals surface area (Å²) in [5.41, 5.74) is 2.58. The van der Waals surface area contributed by atoms with E-state index in [2.05, 4.69) is 45.6 Å². The minimum Gasteiger partial charge on any atom is -0.342 e. The van der Waals surface area contributed by atoms with Gasteiger partial charge in [0.25, 0.3) is 0 Å². The number of aryl methyl sites for hydroxylation is 1. The van der Waals surface area contributed by atoms with E-state index in [9.17, 15) is 4.79 Å². The lowest BCUT2D eigenvalue weighted by Gasteiger charge is -2.34. The Morgan fingerprint density at radius 2 is 1.85 bits per heavy atom. The molecule has 0 aliphatic carbocycles. The quantitative estimate of drug-likeness (QED) is 0.898. The summed E-state index contributed by atoms with van der Waals surface area (Å²) in [6.07, 6.45) is 6.07. The lowest BCUT2D eigenvalue weighted by molar-refractivity contribution is -0.136. The van der Waals surface area contributed by atoms with E-state index in [1.54, 1.807) is 0 Å². The Balaban J connectivity index is 0.00000196. The molecule has 2 aromatic rings. The van der Waals surface area contributed by atoms with E-state index in [4.69, 9.17) is 0 Å². The maximum Gasteiger partial charge on any atom is 0.227 e. The van der Waals surface area contributed by atoms with Crippen molar-refractivity contribution in [1.29, 1.82) is 0 Å². The highest BCUT2D eigenvalue weighted by atomic mass is 35.5. The van der Waals surface area contributed by atoms with E-state index in [0.717, 1.165) is 39.0 Å². The van der Waals surface area contributed by atoms with Crippen LogP contribution in [0.5, 0.6) is 0 Å². The zero-order chi connectivity index (χ0) is 17.2. The van der Waals surface area contributed by atoms with Gasteiger partial charge in [0.05, 0.1) is 12.1 Å². The Hall–Kier alpha value is -1.85. The maximum atomic E-state index is 13.1. The molecule has 2 saturated heterocycles. The molecule has 1 aromatic carbocycles. The van der Waals surface area contributed by atoms with Crippen LogP contribution in [0.2, 0.25) is 0 Å². The summed E-state index contributed by atoms with van der Waals surface area (Å²) in [7, 11) is 1.93. The number of benzene rings is 1. The number of carbonyl (C=O) groups excluding carboxylic acids is 1. The summed E-state index contributed by atoms with van der Waals surface area (Å²) in [6.45, 7) is 3.38. The largest absolute Gasteiger partial charge is 0.342 e. The van der Waals surface area contributed by atoms with Crippen molar-refractivity contribution in [3.8, 4) is 0 Å². The second kappa shape index (κ2) is 8.23. The number of piperidine rings is 1. The van der Waals surface area contributed by atoms with Crippen LogP contribution in [0.4, 0.5) is 0 Å². The van der Waals surface area contributed by atoms with Crippen molar-refractivity contribution in [1.82, 2.24) is 20.0 Å². The first kappa shape index (κ1) is 18.9. The van der Waals surface area contributed by atoms with Crippen LogP contribution in [-0.2, 0) is 11.8 Å². The number of rotatable bonds is 3. The molecule has 6 heteroatoms. The van der Waals surface area contributed by atoms with Gasteiger partial charge in [0.1, 0.15) is 0 Å². The molecule has 0 bridgehead atoms. The second-order valence-electron chi connectivity index (χ2n) is 7.33. The summed E-state index contributed by atoms with van der Waals surface area (Å²) in [5, 5.41) is 7.68. The third-order valence-corrected chi connectivity index (χ3v) is 5.76. The van der Waals surface area contributed by atoms with E-state index in [1.807, 2.05) is 24.1 Å². The third kappa shape index (κ3) is 3.79. The van der Waals surface area contributed by atoms with Gasteiger partial charge in [0.15, 0.2) is 0 Å². The molecule has 1 amide bonds. The van der Waals surface area contributed by atoms with Gasteiger partial charge < -0.3 is 10.2 Å². The molecule has 2 aliphatic heterocycles. The smallest absolute Gasteiger partial charge is 0.227 e. The van der Waals surface area contributed by atoms with Crippen molar-refractivity contribution in [2.75, 3.05) is 26.2 Å². The summed E-state index contributed by atoms with van der Waals surface area (Å²) in [4.78, 5) is 15.2. The Morgan fingerprint density at radius 1 is 1.12 bits per heavy atom. The maximum absolute atomic E-state index is 13.1. The minimum absolute atomic E-state index is 0. The van der Waals surface area contributed by atoms with Crippen molar-refractivity contribution < 1.29 is 4.79 Å². The zero-order valence-corrected chi connectivity index (χ0v) is 16.0. The van der Waals surface area contributed by atoms with Crippen molar-refractivity contribution in [2.24, 2.45) is 13.0 Å². The fourth-order valence-electron chi connectivity index (χ4n) is 4.31. The number of halogens is 1. The van der Waals surface area contributed by atoms with Gasteiger partial charge in [-0.1, -0.05) is 30.3 Å². The Bertz CT molecular complexity index is 724. The van der Waals surface area contributed by atoms with Crippen molar-refractivity contribution >= 4 is 18.3 Å². The Kier molecular flexibility index (Phi) is 5.99. The Labute approximate surface area is 161 Å². The number of carbonyl (C=O) groups is 1. The molecule has 1 aromatic heterocycles. The predicted molar refractivity (Wildman–Crippen MR) is 105 cm³/mol. The first-order valence-electron chi connectivity index (χ1n) is 9.25. The van der Waals surface area contributed by atoms with Gasteiger partial charge in [0, 0.05) is 45.3 Å². The molecule has 0 spiro atoms. The lowest BCUT2D eigenvalue weighted by Crippen LogP contribution is -2.43. The highest BCUT2D eigenvalue weighted by Crippen LogP contribution is 2.32. The van der Waals surface area contributed by atoms with Crippen LogP contribution in [-0.4, -0.2) is 46.8 Å². The fraction of sp³-hybridized carbons (Fsp3) is 0.500. The predicted octanol–water partition coefficient (Wildman–Crippen LogP) is 2.55. The molecule has 0 unspecified atom stereocenters. The summed E-state index contributed by atoms with van der Waals surface area (Å²) in [6, 6.07) is 10.7. The Morgan fingerprint density at radius 3 is 2.50 bits per heavy atom. The number of amides is 1. The van der Waals surface area contributed by atoms with Gasteiger partial charge in [-0.3, -0.25) is 9.48 Å². The lowest BCUT2D eigenvalue weighted by atomic mass is 9.86. The highest BCUT2D eigenvalue weighted by molar-refractivity contribution is 5.85. The average Bonchev–Trinajstić information content (AvgIpc) is 3.31. The topological polar surface area (TPSA) is 50.2 Å². The molecule has 26 heavy (non-hydrogen) atoms. The monoisotopic (exact) mass is 374 g/mol. The normalized spacial score (nSPS) is 23.7. The van der Waals surface area contributed by atoms with Gasteiger partial charge in [-0.2, -0.15) is 5.10 Å². The zero-order valence-electron chi connectivity index (χ0n) is 15.2. The number of aromatic nitrogens is 2. The van der Waals surface area contributed by atoms with Crippen LogP contribution in [0, 0.1) is 5.92 Å². The van der Waals surface area contributed by atoms with E-state index >= 15 is 0 Å². The molecule has 3 heterocycles. The molecule has 2 aliphatic rings. The van der Waals surface area contributed by atoms with Crippen LogP contribution in [0.1, 0.15) is 35.8 Å². The molecular formula is C20H27ClN4O. The van der Waals surface area contributed by atoms with Crippen LogP contribution in [0.15, 0.2) is 42.7 Å². The number of nitrogens with zero attached hydrogens (tertiary/aromatic N) is 3. The number of hydrogen-bond donors (Lipinski definition) is 1. The van der Waals surface area contributed by atoms with Gasteiger partial charge in [-0.25, -0.2) is 0 Å². The van der Waals surface area contributed by atoms with Crippen LogP contribution in [0.25, 0.3) is 0 Å². The first-order chi connectivity index (χ1) is 12.2. The molecule has 1 N–H and O–H groups in total. The molecular weight excluding hydrogens is 348 g/mol. The molecule has 2 fully saturated rings. The van der Waals surface area contributed by atoms with Gasteiger partial charge >= 0.3 is 0 Å². The molecule has 5 nitrogen and oxygen atoms in total. The third-order valence-electron chi connectivity index (χ3n) is 5.76. The number of likely N-dealkylation sites (tertiary alicyclic amines) is 1. The van der Waals surface area contributed by atoms with Crippen LogP contribution < -0.4 is 5.32 Å². The summed E-state index contributed by atoms with van der Waals surface area (Å²) in [5.74, 6) is 1.18.